The molecule has 0 spiro atoms. The molecule has 11 heteroatoms. The zero-order valence-electron chi connectivity index (χ0n) is 23.7. The minimum atomic E-state index is -3.94. The van der Waals surface area contributed by atoms with E-state index in [-0.39, 0.29) is 48.1 Å². The van der Waals surface area contributed by atoms with Gasteiger partial charge in [0.15, 0.2) is 6.29 Å². The fourth-order valence-electron chi connectivity index (χ4n) is 6.23. The number of alkyl carbamates (subject to hydrolysis) is 1. The first kappa shape index (κ1) is 29.8. The topological polar surface area (TPSA) is 124 Å². The standard InChI is InChI=1S/C30H40N2O8S/c1-19(2)15-32(41(35,36)24-11-9-23(37-3)10-12-24)16-26(33)25(13-20-7-5-4-6-8-20)31-30(34)40-28-22-14-21-17-38-29(27(21)28)39-18-22/h4-12,19,21-22,25-29,33H,13-18H2,1-3H3,(H,31,34)/t21?,22?,25-,26+,27?,28?,29?/m0/s1. The summed E-state index contributed by atoms with van der Waals surface area (Å²) >= 11 is 0. The van der Waals surface area contributed by atoms with Crippen LogP contribution >= 0.6 is 0 Å². The van der Waals surface area contributed by atoms with Crippen LogP contribution in [0.25, 0.3) is 0 Å². The summed E-state index contributed by atoms with van der Waals surface area (Å²) < 4.78 is 51.2. The Morgan fingerprint density at radius 3 is 2.39 bits per heavy atom. The molecule has 1 saturated carbocycles. The van der Waals surface area contributed by atoms with Crippen molar-refractivity contribution in [3.8, 4) is 5.75 Å². The molecule has 2 aromatic carbocycles. The molecule has 41 heavy (non-hydrogen) atoms. The van der Waals surface area contributed by atoms with Crippen LogP contribution in [0.1, 0.15) is 25.8 Å². The lowest BCUT2D eigenvalue weighted by Gasteiger charge is -2.34. The molecule has 2 aromatic rings. The molecular formula is C30H40N2O8S. The van der Waals surface area contributed by atoms with Gasteiger partial charge in [-0.25, -0.2) is 13.2 Å². The number of ether oxygens (including phenoxy) is 4. The lowest BCUT2D eigenvalue weighted by Crippen LogP contribution is -2.52. The number of nitrogens with one attached hydrogen (secondary N) is 1. The van der Waals surface area contributed by atoms with Crippen LogP contribution in [-0.2, 0) is 30.7 Å². The molecule has 5 rings (SSSR count). The average molecular weight is 589 g/mol. The predicted molar refractivity (Wildman–Crippen MR) is 151 cm³/mol. The van der Waals surface area contributed by atoms with Gasteiger partial charge >= 0.3 is 6.09 Å². The van der Waals surface area contributed by atoms with E-state index in [1.807, 2.05) is 44.2 Å². The third-order valence-corrected chi connectivity index (χ3v) is 10.1. The number of carbonyl (C=O) groups is 1. The van der Waals surface area contributed by atoms with Gasteiger partial charge in [-0.05, 0) is 54.5 Å². The Labute approximate surface area is 242 Å². The van der Waals surface area contributed by atoms with Gasteiger partial charge in [0.05, 0.1) is 43.3 Å². The van der Waals surface area contributed by atoms with Crippen LogP contribution in [0, 0.1) is 23.7 Å². The minimum Gasteiger partial charge on any atom is -0.497 e. The van der Waals surface area contributed by atoms with Crippen LogP contribution in [-0.4, -0.2) is 81.9 Å². The minimum absolute atomic E-state index is 0.00213. The highest BCUT2D eigenvalue weighted by atomic mass is 32.2. The summed E-state index contributed by atoms with van der Waals surface area (Å²) in [5, 5.41) is 14.3. The van der Waals surface area contributed by atoms with Crippen molar-refractivity contribution in [3.63, 3.8) is 0 Å². The maximum Gasteiger partial charge on any atom is 0.407 e. The molecule has 0 radical (unpaired) electrons. The smallest absolute Gasteiger partial charge is 0.407 e. The number of nitrogens with zero attached hydrogens (tertiary/aromatic N) is 1. The summed E-state index contributed by atoms with van der Waals surface area (Å²) in [5.41, 5.74) is 0.892. The molecule has 0 aromatic heterocycles. The van der Waals surface area contributed by atoms with Crippen LogP contribution in [0.15, 0.2) is 59.5 Å². The first-order valence-electron chi connectivity index (χ1n) is 14.2. The SMILES string of the molecule is COc1ccc(S(=O)(=O)N(CC(C)C)C[C@@H](O)[C@H](Cc2ccccc2)NC(=O)OC2C3COC4OCC(C3)C42)cc1. The number of fused-ring (bicyclic) bond motifs is 1. The summed E-state index contributed by atoms with van der Waals surface area (Å²) in [5.74, 6) is 0.978. The Kier molecular flexibility index (Phi) is 9.20. The molecule has 3 fully saturated rings. The number of benzene rings is 2. The number of aliphatic hydroxyl groups is 1. The number of sulfonamides is 1. The van der Waals surface area contributed by atoms with Crippen LogP contribution in [0.4, 0.5) is 4.79 Å². The van der Waals surface area contributed by atoms with Crippen LogP contribution in [0.3, 0.4) is 0 Å². The van der Waals surface area contributed by atoms with Gasteiger partial charge < -0.3 is 29.4 Å². The van der Waals surface area contributed by atoms with Crippen molar-refractivity contribution in [1.29, 1.82) is 0 Å². The highest BCUT2D eigenvalue weighted by Crippen LogP contribution is 2.49. The molecule has 2 saturated heterocycles. The highest BCUT2D eigenvalue weighted by molar-refractivity contribution is 7.89. The maximum absolute atomic E-state index is 13.7. The van der Waals surface area contributed by atoms with Crippen molar-refractivity contribution >= 4 is 16.1 Å². The molecule has 3 aliphatic rings. The van der Waals surface area contributed by atoms with Gasteiger partial charge in [-0.15, -0.1) is 0 Å². The maximum atomic E-state index is 13.7. The summed E-state index contributed by atoms with van der Waals surface area (Å²) in [6.07, 6.45) is -1.33. The van der Waals surface area contributed by atoms with Crippen molar-refractivity contribution in [3.05, 3.63) is 60.2 Å². The summed E-state index contributed by atoms with van der Waals surface area (Å²) in [6, 6.07) is 14.8. The largest absolute Gasteiger partial charge is 0.497 e. The number of carbonyl (C=O) groups excluding carboxylic acids is 1. The third kappa shape index (κ3) is 6.70. The number of rotatable bonds is 12. The van der Waals surface area contributed by atoms with Crippen molar-refractivity contribution in [2.75, 3.05) is 33.4 Å². The van der Waals surface area contributed by atoms with Crippen molar-refractivity contribution in [2.45, 2.75) is 56.1 Å². The average Bonchev–Trinajstić information content (AvgIpc) is 3.45. The molecular weight excluding hydrogens is 548 g/mol. The van der Waals surface area contributed by atoms with E-state index in [0.717, 1.165) is 12.0 Å². The van der Waals surface area contributed by atoms with Gasteiger partial charge in [0.2, 0.25) is 10.0 Å². The van der Waals surface area contributed by atoms with Crippen LogP contribution in [0.5, 0.6) is 5.75 Å². The van der Waals surface area contributed by atoms with E-state index in [9.17, 15) is 18.3 Å². The summed E-state index contributed by atoms with van der Waals surface area (Å²) in [6.45, 7) is 4.92. The third-order valence-electron chi connectivity index (χ3n) is 8.22. The molecule has 10 nitrogen and oxygen atoms in total. The first-order valence-corrected chi connectivity index (χ1v) is 15.7. The summed E-state index contributed by atoms with van der Waals surface area (Å²) in [4.78, 5) is 13.3. The van der Waals surface area contributed by atoms with E-state index in [1.54, 1.807) is 12.1 Å². The van der Waals surface area contributed by atoms with Crippen molar-refractivity contribution < 1.29 is 37.3 Å². The molecule has 1 aliphatic carbocycles. The van der Waals surface area contributed by atoms with Crippen LogP contribution < -0.4 is 10.1 Å². The molecule has 1 amide bonds. The van der Waals surface area contributed by atoms with Gasteiger partial charge in [0, 0.05) is 19.0 Å². The number of aliphatic hydroxyl groups excluding tert-OH is 1. The van der Waals surface area contributed by atoms with Gasteiger partial charge in [-0.1, -0.05) is 44.2 Å². The van der Waals surface area contributed by atoms with E-state index in [4.69, 9.17) is 18.9 Å². The number of methoxy groups -OCH3 is 1. The van der Waals surface area contributed by atoms with Crippen molar-refractivity contribution in [2.24, 2.45) is 23.7 Å². The second-order valence-corrected chi connectivity index (χ2v) is 13.6. The number of hydrogen-bond donors (Lipinski definition) is 2. The lowest BCUT2D eigenvalue weighted by molar-refractivity contribution is -0.192. The fourth-order valence-corrected chi connectivity index (χ4v) is 7.86. The zero-order chi connectivity index (χ0) is 29.1. The quantitative estimate of drug-likeness (QED) is 0.388. The van der Waals surface area contributed by atoms with Gasteiger partial charge in [-0.3, -0.25) is 0 Å². The first-order chi connectivity index (χ1) is 19.7. The molecule has 2 aliphatic heterocycles. The Hall–Kier alpha value is -2.70. The Balaban J connectivity index is 1.33. The van der Waals surface area contributed by atoms with Gasteiger partial charge in [0.25, 0.3) is 0 Å². The molecule has 5 unspecified atom stereocenters. The Bertz CT molecular complexity index is 1270. The van der Waals surface area contributed by atoms with E-state index >= 15 is 0 Å². The van der Waals surface area contributed by atoms with E-state index < -0.39 is 28.3 Å². The van der Waals surface area contributed by atoms with Crippen LogP contribution in [0.2, 0.25) is 0 Å². The molecule has 2 heterocycles. The summed E-state index contributed by atoms with van der Waals surface area (Å²) in [7, 11) is -2.42. The molecule has 7 atom stereocenters. The van der Waals surface area contributed by atoms with Gasteiger partial charge in [0.1, 0.15) is 11.9 Å². The monoisotopic (exact) mass is 588 g/mol. The van der Waals surface area contributed by atoms with E-state index in [1.165, 1.54) is 23.5 Å². The lowest BCUT2D eigenvalue weighted by atomic mass is 9.95. The molecule has 2 N–H and O–H groups in total. The molecule has 2 bridgehead atoms. The Morgan fingerprint density at radius 1 is 1.05 bits per heavy atom. The number of hydrogen-bond acceptors (Lipinski definition) is 8. The predicted octanol–water partition coefficient (Wildman–Crippen LogP) is 3.05. The highest BCUT2D eigenvalue weighted by Gasteiger charge is 2.57. The number of amides is 1. The fraction of sp³-hybridized carbons (Fsp3) is 0.567. The zero-order valence-corrected chi connectivity index (χ0v) is 24.5. The van der Waals surface area contributed by atoms with E-state index in [0.29, 0.717) is 31.3 Å². The second-order valence-electron chi connectivity index (χ2n) is 11.6. The normalized spacial score (nSPS) is 26.6. The van der Waals surface area contributed by atoms with Crippen molar-refractivity contribution in [1.82, 2.24) is 9.62 Å². The van der Waals surface area contributed by atoms with E-state index in [2.05, 4.69) is 5.32 Å². The van der Waals surface area contributed by atoms with Gasteiger partial charge in [-0.2, -0.15) is 4.31 Å². The second kappa shape index (κ2) is 12.7. The Morgan fingerprint density at radius 2 is 1.73 bits per heavy atom. The molecule has 224 valence electrons.